The average molecular weight is 288 g/mol. The molecule has 5 heteroatoms. The molecule has 0 saturated heterocycles. The van der Waals surface area contributed by atoms with Gasteiger partial charge in [0.2, 0.25) is 0 Å². The summed E-state index contributed by atoms with van der Waals surface area (Å²) in [5, 5.41) is 9.32. The molecule has 0 heterocycles. The van der Waals surface area contributed by atoms with E-state index in [1.807, 2.05) is 0 Å². The Labute approximate surface area is 118 Å². The fourth-order valence-electron chi connectivity index (χ4n) is 1.82. The molecule has 0 unspecified atom stereocenters. The fourth-order valence-corrected chi connectivity index (χ4v) is 1.99. The molecule has 106 valence electrons. The van der Waals surface area contributed by atoms with E-state index in [0.29, 0.717) is 11.6 Å². The molecule has 0 atom stereocenters. The number of hydrogen-bond donors (Lipinski definition) is 1. The van der Waals surface area contributed by atoms with Crippen molar-refractivity contribution in [3.05, 3.63) is 34.6 Å². The number of aliphatic hydroxyl groups is 1. The lowest BCUT2D eigenvalue weighted by Crippen LogP contribution is -2.35. The average Bonchev–Trinajstić information content (AvgIpc) is 2.40. The number of benzene rings is 1. The van der Waals surface area contributed by atoms with Crippen molar-refractivity contribution in [1.82, 2.24) is 4.90 Å². The molecule has 0 fully saturated rings. The number of carbonyl (C=O) groups is 1. The number of hydrogen-bond acceptors (Lipinski definition) is 2. The molecule has 0 aliphatic heterocycles. The predicted molar refractivity (Wildman–Crippen MR) is 73.9 cm³/mol. The standard InChI is InChI=1S/C14H19ClFNO2/c1-2-3-4-7-17(8-9-18)14(19)12-10-11(15)5-6-13(12)16/h5-6,10,18H,2-4,7-9H2,1H3. The number of halogens is 2. The van der Waals surface area contributed by atoms with Gasteiger partial charge < -0.3 is 10.0 Å². The van der Waals surface area contributed by atoms with Gasteiger partial charge in [-0.2, -0.15) is 0 Å². The Morgan fingerprint density at radius 3 is 2.74 bits per heavy atom. The van der Waals surface area contributed by atoms with Crippen LogP contribution in [0.1, 0.15) is 36.5 Å². The van der Waals surface area contributed by atoms with Crippen LogP contribution < -0.4 is 0 Å². The van der Waals surface area contributed by atoms with E-state index in [4.69, 9.17) is 16.7 Å². The third kappa shape index (κ3) is 4.80. The molecule has 0 aromatic heterocycles. The van der Waals surface area contributed by atoms with Crippen molar-refractivity contribution in [2.24, 2.45) is 0 Å². The molecule has 0 aliphatic rings. The summed E-state index contributed by atoms with van der Waals surface area (Å²) in [6.07, 6.45) is 2.87. The third-order valence-corrected chi connectivity index (χ3v) is 3.08. The monoisotopic (exact) mass is 287 g/mol. The van der Waals surface area contributed by atoms with Gasteiger partial charge in [0.25, 0.3) is 5.91 Å². The molecule has 0 spiro atoms. The molecule has 1 aromatic rings. The summed E-state index contributed by atoms with van der Waals surface area (Å²) < 4.78 is 13.6. The second kappa shape index (κ2) is 8.12. The topological polar surface area (TPSA) is 40.5 Å². The summed E-state index contributed by atoms with van der Waals surface area (Å²) >= 11 is 5.78. The van der Waals surface area contributed by atoms with Gasteiger partial charge in [0, 0.05) is 18.1 Å². The van der Waals surface area contributed by atoms with Crippen LogP contribution in [0.25, 0.3) is 0 Å². The van der Waals surface area contributed by atoms with Crippen LogP contribution >= 0.6 is 11.6 Å². The van der Waals surface area contributed by atoms with Gasteiger partial charge in [-0.25, -0.2) is 4.39 Å². The fraction of sp³-hybridized carbons (Fsp3) is 0.500. The van der Waals surface area contributed by atoms with Crippen molar-refractivity contribution in [2.45, 2.75) is 26.2 Å². The SMILES string of the molecule is CCCCCN(CCO)C(=O)c1cc(Cl)ccc1F. The maximum Gasteiger partial charge on any atom is 0.256 e. The number of unbranched alkanes of at least 4 members (excludes halogenated alkanes) is 2. The summed E-state index contributed by atoms with van der Waals surface area (Å²) in [6.45, 7) is 2.64. The molecular formula is C14H19ClFNO2. The van der Waals surface area contributed by atoms with E-state index in [1.165, 1.54) is 23.1 Å². The highest BCUT2D eigenvalue weighted by molar-refractivity contribution is 6.30. The highest BCUT2D eigenvalue weighted by atomic mass is 35.5. The molecule has 1 rings (SSSR count). The Hall–Kier alpha value is -1.13. The van der Waals surface area contributed by atoms with Gasteiger partial charge in [-0.15, -0.1) is 0 Å². The van der Waals surface area contributed by atoms with Crippen LogP contribution in [0.2, 0.25) is 5.02 Å². The van der Waals surface area contributed by atoms with E-state index in [9.17, 15) is 9.18 Å². The lowest BCUT2D eigenvalue weighted by Gasteiger charge is -2.22. The first kappa shape index (κ1) is 15.9. The van der Waals surface area contributed by atoms with E-state index in [-0.39, 0.29) is 18.7 Å². The van der Waals surface area contributed by atoms with Crippen LogP contribution in [-0.4, -0.2) is 35.6 Å². The zero-order valence-electron chi connectivity index (χ0n) is 11.0. The Morgan fingerprint density at radius 1 is 1.37 bits per heavy atom. The molecule has 1 N–H and O–H groups in total. The van der Waals surface area contributed by atoms with Crippen molar-refractivity contribution < 1.29 is 14.3 Å². The summed E-state index contributed by atoms with van der Waals surface area (Å²) in [5.74, 6) is -1.02. The zero-order valence-corrected chi connectivity index (χ0v) is 11.8. The summed E-state index contributed by atoms with van der Waals surface area (Å²) in [7, 11) is 0. The van der Waals surface area contributed by atoms with Gasteiger partial charge in [0.1, 0.15) is 5.82 Å². The van der Waals surface area contributed by atoms with Gasteiger partial charge in [-0.1, -0.05) is 31.4 Å². The van der Waals surface area contributed by atoms with Crippen molar-refractivity contribution in [1.29, 1.82) is 0 Å². The molecular weight excluding hydrogens is 269 g/mol. The number of nitrogens with zero attached hydrogens (tertiary/aromatic N) is 1. The number of carbonyl (C=O) groups excluding carboxylic acids is 1. The second-order valence-corrected chi connectivity index (χ2v) is 4.78. The number of aliphatic hydroxyl groups excluding tert-OH is 1. The summed E-state index contributed by atoms with van der Waals surface area (Å²) in [5.41, 5.74) is -0.0440. The Kier molecular flexibility index (Phi) is 6.81. The highest BCUT2D eigenvalue weighted by Crippen LogP contribution is 2.17. The first-order valence-corrected chi connectivity index (χ1v) is 6.83. The molecule has 1 aromatic carbocycles. The van der Waals surface area contributed by atoms with Crippen molar-refractivity contribution in [3.8, 4) is 0 Å². The van der Waals surface area contributed by atoms with Crippen LogP contribution in [0.15, 0.2) is 18.2 Å². The third-order valence-electron chi connectivity index (χ3n) is 2.85. The van der Waals surface area contributed by atoms with Gasteiger partial charge in [0.05, 0.1) is 12.2 Å². The largest absolute Gasteiger partial charge is 0.395 e. The maximum absolute atomic E-state index is 13.6. The van der Waals surface area contributed by atoms with Gasteiger partial charge in [-0.3, -0.25) is 4.79 Å². The minimum Gasteiger partial charge on any atom is -0.395 e. The highest BCUT2D eigenvalue weighted by Gasteiger charge is 2.18. The van der Waals surface area contributed by atoms with Crippen LogP contribution in [0.5, 0.6) is 0 Å². The normalized spacial score (nSPS) is 10.5. The molecule has 1 amide bonds. The van der Waals surface area contributed by atoms with Crippen LogP contribution in [0.4, 0.5) is 4.39 Å². The predicted octanol–water partition coefficient (Wildman–Crippen LogP) is 3.10. The molecule has 3 nitrogen and oxygen atoms in total. The van der Waals surface area contributed by atoms with Crippen molar-refractivity contribution >= 4 is 17.5 Å². The zero-order chi connectivity index (χ0) is 14.3. The molecule has 0 bridgehead atoms. The summed E-state index contributed by atoms with van der Waals surface area (Å²) in [6, 6.07) is 3.91. The van der Waals surface area contributed by atoms with Gasteiger partial charge >= 0.3 is 0 Å². The lowest BCUT2D eigenvalue weighted by molar-refractivity contribution is 0.0714. The lowest BCUT2D eigenvalue weighted by atomic mass is 10.1. The first-order valence-electron chi connectivity index (χ1n) is 6.45. The van der Waals surface area contributed by atoms with E-state index in [1.54, 1.807) is 0 Å². The summed E-state index contributed by atoms with van der Waals surface area (Å²) in [4.78, 5) is 13.7. The van der Waals surface area contributed by atoms with Crippen LogP contribution in [0.3, 0.4) is 0 Å². The van der Waals surface area contributed by atoms with E-state index < -0.39 is 11.7 Å². The smallest absolute Gasteiger partial charge is 0.256 e. The van der Waals surface area contributed by atoms with Crippen LogP contribution in [-0.2, 0) is 0 Å². The Morgan fingerprint density at radius 2 is 2.11 bits per heavy atom. The Bertz CT molecular complexity index is 426. The van der Waals surface area contributed by atoms with E-state index >= 15 is 0 Å². The Balaban J connectivity index is 2.82. The molecule has 19 heavy (non-hydrogen) atoms. The van der Waals surface area contributed by atoms with Gasteiger partial charge in [-0.05, 0) is 24.6 Å². The quantitative estimate of drug-likeness (QED) is 0.783. The number of amides is 1. The van der Waals surface area contributed by atoms with Gasteiger partial charge in [0.15, 0.2) is 0 Å². The van der Waals surface area contributed by atoms with E-state index in [2.05, 4.69) is 6.92 Å². The van der Waals surface area contributed by atoms with Crippen molar-refractivity contribution in [3.63, 3.8) is 0 Å². The molecule has 0 saturated carbocycles. The molecule has 0 radical (unpaired) electrons. The maximum atomic E-state index is 13.6. The first-order chi connectivity index (χ1) is 9.10. The van der Waals surface area contributed by atoms with Crippen LogP contribution in [0, 0.1) is 5.82 Å². The number of rotatable bonds is 7. The second-order valence-electron chi connectivity index (χ2n) is 4.35. The molecule has 0 aliphatic carbocycles. The van der Waals surface area contributed by atoms with Crippen molar-refractivity contribution in [2.75, 3.05) is 19.7 Å². The minimum absolute atomic E-state index is 0.0440. The minimum atomic E-state index is -0.590. The van der Waals surface area contributed by atoms with E-state index in [0.717, 1.165) is 19.3 Å².